The van der Waals surface area contributed by atoms with E-state index in [1.807, 2.05) is 0 Å². The summed E-state index contributed by atoms with van der Waals surface area (Å²) in [4.78, 5) is 0. The first-order valence-corrected chi connectivity index (χ1v) is 8.87. The van der Waals surface area contributed by atoms with E-state index in [0.29, 0.717) is 0 Å². The van der Waals surface area contributed by atoms with Crippen molar-refractivity contribution >= 4 is 0 Å². The van der Waals surface area contributed by atoms with Crippen LogP contribution in [0, 0.1) is 6.92 Å². The average molecular weight is 322 g/mol. The van der Waals surface area contributed by atoms with Crippen LogP contribution in [-0.4, -0.2) is 27.3 Å². The third kappa shape index (κ3) is 7.96. The van der Waals surface area contributed by atoms with Gasteiger partial charge in [0.1, 0.15) is 0 Å². The highest BCUT2D eigenvalue weighted by molar-refractivity contribution is 5.21. The molecule has 0 aliphatic carbocycles. The molecule has 3 nitrogen and oxygen atoms in total. The maximum Gasteiger partial charge on any atom is 0.282 e. The molecule has 0 saturated heterocycles. The van der Waals surface area contributed by atoms with Gasteiger partial charge in [0.05, 0.1) is 0 Å². The summed E-state index contributed by atoms with van der Waals surface area (Å²) in [6.07, 6.45) is 10.8. The number of aryl methyl sites for hydroxylation is 2. The van der Waals surface area contributed by atoms with Crippen molar-refractivity contribution in [2.24, 2.45) is 0 Å². The molecule has 0 unspecified atom stereocenters. The van der Waals surface area contributed by atoms with Gasteiger partial charge in [0.15, 0.2) is 0 Å². The van der Waals surface area contributed by atoms with Crippen LogP contribution in [0.4, 0.5) is 0 Å². The average Bonchev–Trinajstić information content (AvgIpc) is 2.59. The van der Waals surface area contributed by atoms with E-state index < -0.39 is 5.97 Å². The molecule has 0 fully saturated rings. The van der Waals surface area contributed by atoms with Gasteiger partial charge in [0.2, 0.25) is 0 Å². The fourth-order valence-electron chi connectivity index (χ4n) is 2.87. The maximum absolute atomic E-state index is 5.30. The molecule has 0 heterocycles. The quantitative estimate of drug-likeness (QED) is 0.366. The standard InChI is InChI=1S/C20H34O3/c1-18-13-15-19(16-14-18)12-10-8-6-5-7-9-11-17-20(21-2,22-3)23-4/h13-16H,5-12,17H2,1-4H3. The number of methoxy groups -OCH3 is 3. The Hall–Kier alpha value is -0.900. The van der Waals surface area contributed by atoms with Gasteiger partial charge in [-0.1, -0.05) is 61.9 Å². The predicted molar refractivity (Wildman–Crippen MR) is 95.6 cm³/mol. The molecular weight excluding hydrogens is 288 g/mol. The Labute approximate surface area is 142 Å². The molecule has 0 aromatic heterocycles. The fourth-order valence-corrected chi connectivity index (χ4v) is 2.87. The molecule has 0 radical (unpaired) electrons. The molecule has 3 heteroatoms. The third-order valence-corrected chi connectivity index (χ3v) is 4.50. The number of hydrogen-bond acceptors (Lipinski definition) is 3. The number of benzene rings is 1. The summed E-state index contributed by atoms with van der Waals surface area (Å²) in [5.41, 5.74) is 2.80. The molecular formula is C20H34O3. The van der Waals surface area contributed by atoms with E-state index in [9.17, 15) is 0 Å². The van der Waals surface area contributed by atoms with Crippen LogP contribution in [0.2, 0.25) is 0 Å². The van der Waals surface area contributed by atoms with E-state index in [4.69, 9.17) is 14.2 Å². The molecule has 0 aliphatic heterocycles. The summed E-state index contributed by atoms with van der Waals surface area (Å²) >= 11 is 0. The lowest BCUT2D eigenvalue weighted by Gasteiger charge is -2.28. The molecule has 0 amide bonds. The highest BCUT2D eigenvalue weighted by atomic mass is 16.9. The Morgan fingerprint density at radius 2 is 1.17 bits per heavy atom. The lowest BCUT2D eigenvalue weighted by atomic mass is 10.0. The second-order valence-corrected chi connectivity index (χ2v) is 6.26. The lowest BCUT2D eigenvalue weighted by molar-refractivity contribution is -0.355. The van der Waals surface area contributed by atoms with E-state index in [1.165, 1.54) is 56.1 Å². The second-order valence-electron chi connectivity index (χ2n) is 6.26. The summed E-state index contributed by atoms with van der Waals surface area (Å²) in [6.45, 7) is 2.14. The normalized spacial score (nSPS) is 11.8. The van der Waals surface area contributed by atoms with Crippen molar-refractivity contribution in [2.75, 3.05) is 21.3 Å². The number of unbranched alkanes of at least 4 members (excludes halogenated alkanes) is 6. The van der Waals surface area contributed by atoms with Gasteiger partial charge >= 0.3 is 0 Å². The Morgan fingerprint density at radius 3 is 1.70 bits per heavy atom. The van der Waals surface area contributed by atoms with Crippen molar-refractivity contribution in [3.63, 3.8) is 0 Å². The van der Waals surface area contributed by atoms with Crippen LogP contribution in [0.3, 0.4) is 0 Å². The van der Waals surface area contributed by atoms with Gasteiger partial charge in [-0.2, -0.15) is 0 Å². The highest BCUT2D eigenvalue weighted by Gasteiger charge is 2.28. The van der Waals surface area contributed by atoms with Crippen molar-refractivity contribution in [3.05, 3.63) is 35.4 Å². The van der Waals surface area contributed by atoms with Crippen LogP contribution in [0.5, 0.6) is 0 Å². The minimum atomic E-state index is -0.853. The summed E-state index contributed by atoms with van der Waals surface area (Å²) in [6, 6.07) is 8.91. The Bertz CT molecular complexity index is 388. The van der Waals surface area contributed by atoms with Gasteiger partial charge in [-0.15, -0.1) is 0 Å². The lowest BCUT2D eigenvalue weighted by Crippen LogP contribution is -2.35. The van der Waals surface area contributed by atoms with Crippen molar-refractivity contribution in [2.45, 2.75) is 70.7 Å². The second kappa shape index (κ2) is 11.6. The van der Waals surface area contributed by atoms with Crippen molar-refractivity contribution < 1.29 is 14.2 Å². The molecule has 132 valence electrons. The van der Waals surface area contributed by atoms with Gasteiger partial charge in [0.25, 0.3) is 5.97 Å². The van der Waals surface area contributed by atoms with Crippen molar-refractivity contribution in [3.8, 4) is 0 Å². The number of ether oxygens (including phenoxy) is 3. The van der Waals surface area contributed by atoms with E-state index in [0.717, 1.165) is 12.8 Å². The third-order valence-electron chi connectivity index (χ3n) is 4.50. The monoisotopic (exact) mass is 322 g/mol. The summed E-state index contributed by atoms with van der Waals surface area (Å²) in [5, 5.41) is 0. The molecule has 0 atom stereocenters. The SMILES string of the molecule is COC(CCCCCCCCCc1ccc(C)cc1)(OC)OC. The summed E-state index contributed by atoms with van der Waals surface area (Å²) < 4.78 is 15.9. The Morgan fingerprint density at radius 1 is 0.696 bits per heavy atom. The molecule has 1 aromatic carbocycles. The summed E-state index contributed by atoms with van der Waals surface area (Å²) in [5.74, 6) is -0.853. The van der Waals surface area contributed by atoms with Crippen LogP contribution < -0.4 is 0 Å². The number of hydrogen-bond donors (Lipinski definition) is 0. The molecule has 1 rings (SSSR count). The van der Waals surface area contributed by atoms with Crippen LogP contribution in [-0.2, 0) is 20.6 Å². The first-order chi connectivity index (χ1) is 11.2. The topological polar surface area (TPSA) is 27.7 Å². The van der Waals surface area contributed by atoms with Gasteiger partial charge in [-0.05, 0) is 31.7 Å². The molecule has 0 bridgehead atoms. The van der Waals surface area contributed by atoms with Gasteiger partial charge in [0, 0.05) is 27.8 Å². The van der Waals surface area contributed by atoms with Crippen molar-refractivity contribution in [1.82, 2.24) is 0 Å². The minimum absolute atomic E-state index is 0.782. The fraction of sp³-hybridized carbons (Fsp3) is 0.700. The van der Waals surface area contributed by atoms with Crippen molar-refractivity contribution in [1.29, 1.82) is 0 Å². The van der Waals surface area contributed by atoms with E-state index in [1.54, 1.807) is 21.3 Å². The first-order valence-electron chi connectivity index (χ1n) is 8.87. The van der Waals surface area contributed by atoms with E-state index in [2.05, 4.69) is 31.2 Å². The van der Waals surface area contributed by atoms with E-state index in [-0.39, 0.29) is 0 Å². The number of rotatable bonds is 13. The van der Waals surface area contributed by atoms with Crippen LogP contribution in [0.1, 0.15) is 62.5 Å². The van der Waals surface area contributed by atoms with Gasteiger partial charge < -0.3 is 14.2 Å². The molecule has 0 aliphatic rings. The van der Waals surface area contributed by atoms with Gasteiger partial charge in [-0.25, -0.2) is 0 Å². The van der Waals surface area contributed by atoms with Gasteiger partial charge in [-0.3, -0.25) is 0 Å². The molecule has 1 aromatic rings. The zero-order valence-corrected chi connectivity index (χ0v) is 15.4. The van der Waals surface area contributed by atoms with Crippen LogP contribution >= 0.6 is 0 Å². The molecule has 23 heavy (non-hydrogen) atoms. The Balaban J connectivity index is 1.98. The van der Waals surface area contributed by atoms with E-state index >= 15 is 0 Å². The zero-order valence-electron chi connectivity index (χ0n) is 15.4. The maximum atomic E-state index is 5.30. The first kappa shape index (κ1) is 20.1. The van der Waals surface area contributed by atoms with Crippen LogP contribution in [0.15, 0.2) is 24.3 Å². The predicted octanol–water partition coefficient (Wildman–Crippen LogP) is 5.25. The largest absolute Gasteiger partial charge is 0.331 e. The molecule has 0 saturated carbocycles. The van der Waals surface area contributed by atoms with Crippen LogP contribution in [0.25, 0.3) is 0 Å². The zero-order chi connectivity index (χ0) is 17.0. The molecule has 0 spiro atoms. The molecule has 0 N–H and O–H groups in total. The minimum Gasteiger partial charge on any atom is -0.331 e. The summed E-state index contributed by atoms with van der Waals surface area (Å²) in [7, 11) is 4.88. The highest BCUT2D eigenvalue weighted by Crippen LogP contribution is 2.21. The Kier molecular flexibility index (Phi) is 10.2. The smallest absolute Gasteiger partial charge is 0.282 e.